The van der Waals surface area contributed by atoms with Crippen molar-refractivity contribution in [3.8, 4) is 0 Å². The lowest BCUT2D eigenvalue weighted by molar-refractivity contribution is -0.0932. The molecule has 0 aromatic carbocycles. The Bertz CT molecular complexity index is 97.1. The molecule has 9 heavy (non-hydrogen) atoms. The fourth-order valence-electron chi connectivity index (χ4n) is 0.459. The summed E-state index contributed by atoms with van der Waals surface area (Å²) in [5.41, 5.74) is 1.17. The lowest BCUT2D eigenvalue weighted by Crippen LogP contribution is -2.11. The third kappa shape index (κ3) is 3.27. The topological polar surface area (TPSA) is 33.0 Å². The van der Waals surface area contributed by atoms with Gasteiger partial charge in [0.25, 0.3) is 0 Å². The second-order valence-electron chi connectivity index (χ2n) is 1.97. The molecule has 0 aliphatic rings. The minimum absolute atomic E-state index is 0.111. The molecule has 0 amide bonds. The highest BCUT2D eigenvalue weighted by Crippen LogP contribution is 2.01. The Morgan fingerprint density at radius 1 is 1.78 bits per heavy atom. The van der Waals surface area contributed by atoms with Crippen molar-refractivity contribution >= 4 is 0 Å². The molecule has 0 saturated carbocycles. The van der Waals surface area contributed by atoms with Gasteiger partial charge in [0, 0.05) is 6.92 Å². The van der Waals surface area contributed by atoms with Crippen LogP contribution in [0.15, 0.2) is 11.6 Å². The van der Waals surface area contributed by atoms with Crippen LogP contribution in [-0.2, 0) is 0 Å². The highest BCUT2D eigenvalue weighted by atomic mass is 16.6. The molecule has 2 heteroatoms. The SMILES string of the molecule is C/C=C(\C)C(C)[OH+][CH-]O. The van der Waals surface area contributed by atoms with Crippen LogP contribution in [0.4, 0.5) is 0 Å². The first-order chi connectivity index (χ1) is 4.22. The van der Waals surface area contributed by atoms with E-state index in [1.807, 2.05) is 26.8 Å². The molecule has 0 aliphatic carbocycles. The molecule has 1 unspecified atom stereocenters. The van der Waals surface area contributed by atoms with Crippen molar-refractivity contribution in [3.05, 3.63) is 18.4 Å². The Morgan fingerprint density at radius 3 is 2.67 bits per heavy atom. The van der Waals surface area contributed by atoms with E-state index in [1.54, 1.807) is 0 Å². The van der Waals surface area contributed by atoms with Crippen molar-refractivity contribution in [3.63, 3.8) is 0 Å². The van der Waals surface area contributed by atoms with Gasteiger partial charge in [0.1, 0.15) is 6.10 Å². The molecule has 2 N–H and O–H groups in total. The minimum Gasteiger partial charge on any atom is -0.554 e. The molecule has 2 nitrogen and oxygen atoms in total. The Hall–Kier alpha value is -0.340. The molecular formula is C7H14O2. The molecule has 0 radical (unpaired) electrons. The van der Waals surface area contributed by atoms with Gasteiger partial charge in [0.15, 0.2) is 0 Å². The third-order valence-corrected chi connectivity index (χ3v) is 1.40. The van der Waals surface area contributed by atoms with Crippen molar-refractivity contribution in [2.24, 2.45) is 0 Å². The molecule has 0 heterocycles. The van der Waals surface area contributed by atoms with Crippen LogP contribution in [0.1, 0.15) is 20.8 Å². The van der Waals surface area contributed by atoms with E-state index in [0.29, 0.717) is 0 Å². The number of hydrogen-bond donors (Lipinski definition) is 1. The van der Waals surface area contributed by atoms with Crippen LogP contribution < -0.4 is 0 Å². The normalized spacial score (nSPS) is 15.8. The summed E-state index contributed by atoms with van der Waals surface area (Å²) in [5, 5.41) is 8.26. The molecule has 0 fully saturated rings. The zero-order valence-corrected chi connectivity index (χ0v) is 6.13. The molecule has 1 atom stereocenters. The van der Waals surface area contributed by atoms with E-state index in [1.165, 1.54) is 5.57 Å². The van der Waals surface area contributed by atoms with Crippen LogP contribution in [0, 0.1) is 6.79 Å². The van der Waals surface area contributed by atoms with Crippen molar-refractivity contribution < 1.29 is 9.84 Å². The second-order valence-corrected chi connectivity index (χ2v) is 1.97. The smallest absolute Gasteiger partial charge is 0.149 e. The monoisotopic (exact) mass is 130 g/mol. The van der Waals surface area contributed by atoms with E-state index >= 15 is 0 Å². The fourth-order valence-corrected chi connectivity index (χ4v) is 0.459. The van der Waals surface area contributed by atoms with E-state index in [2.05, 4.69) is 4.74 Å². The lowest BCUT2D eigenvalue weighted by Gasteiger charge is -2.13. The molecular weight excluding hydrogens is 116 g/mol. The summed E-state index contributed by atoms with van der Waals surface area (Å²) in [7, 11) is 0. The van der Waals surface area contributed by atoms with Gasteiger partial charge in [-0.2, -0.15) is 0 Å². The highest BCUT2D eigenvalue weighted by molar-refractivity contribution is 5.01. The lowest BCUT2D eigenvalue weighted by atomic mass is 10.2. The van der Waals surface area contributed by atoms with E-state index in [4.69, 9.17) is 5.11 Å². The standard InChI is InChI=1S/C7H14O2/c1-4-6(2)7(3)9-5-8/h4-5,7-9H,1-3H3/b6-4+. The molecule has 0 bridgehead atoms. The first kappa shape index (κ1) is 8.66. The maximum Gasteiger partial charge on any atom is 0.149 e. The quantitative estimate of drug-likeness (QED) is 0.349. The Balaban J connectivity index is 3.59. The first-order valence-corrected chi connectivity index (χ1v) is 3.01. The summed E-state index contributed by atoms with van der Waals surface area (Å²) < 4.78 is 3.76. The van der Waals surface area contributed by atoms with Gasteiger partial charge in [0.2, 0.25) is 0 Å². The predicted molar refractivity (Wildman–Crippen MR) is 37.3 cm³/mol. The Labute approximate surface area is 56.1 Å². The first-order valence-electron chi connectivity index (χ1n) is 3.01. The molecule has 0 rings (SSSR count). The maximum absolute atomic E-state index is 8.26. The number of rotatable bonds is 3. The predicted octanol–water partition coefficient (Wildman–Crippen LogP) is 1.36. The zero-order valence-electron chi connectivity index (χ0n) is 6.13. The summed E-state index contributed by atoms with van der Waals surface area (Å²) in [6.45, 7) is 6.72. The van der Waals surface area contributed by atoms with Gasteiger partial charge in [0.05, 0.1) is 6.79 Å². The van der Waals surface area contributed by atoms with Crippen molar-refractivity contribution in [1.82, 2.24) is 0 Å². The van der Waals surface area contributed by atoms with Gasteiger partial charge in [-0.05, 0) is 19.4 Å². The van der Waals surface area contributed by atoms with Crippen molar-refractivity contribution in [1.29, 1.82) is 0 Å². The summed E-state index contributed by atoms with van der Waals surface area (Å²) >= 11 is 0. The van der Waals surface area contributed by atoms with Gasteiger partial charge in [-0.25, -0.2) is 0 Å². The van der Waals surface area contributed by atoms with Crippen molar-refractivity contribution in [2.75, 3.05) is 0 Å². The summed E-state index contributed by atoms with van der Waals surface area (Å²) in [5.74, 6) is 0. The van der Waals surface area contributed by atoms with E-state index in [9.17, 15) is 0 Å². The van der Waals surface area contributed by atoms with Crippen LogP contribution in [0.2, 0.25) is 0 Å². The van der Waals surface area contributed by atoms with Crippen LogP contribution in [0.5, 0.6) is 0 Å². The van der Waals surface area contributed by atoms with Gasteiger partial charge < -0.3 is 9.84 Å². The number of hydrogen-bond acceptors (Lipinski definition) is 1. The fraction of sp³-hybridized carbons (Fsp3) is 0.571. The molecule has 0 aliphatic heterocycles. The van der Waals surface area contributed by atoms with Gasteiger partial charge in [-0.1, -0.05) is 6.08 Å². The number of allylic oxidation sites excluding steroid dienone is 1. The molecule has 0 aromatic rings. The van der Waals surface area contributed by atoms with Crippen LogP contribution in [0.25, 0.3) is 0 Å². The average Bonchev–Trinajstić information content (AvgIpc) is 1.87. The summed E-state index contributed by atoms with van der Waals surface area (Å²) in [6, 6.07) is 0. The summed E-state index contributed by atoms with van der Waals surface area (Å²) in [4.78, 5) is 0. The molecule has 0 spiro atoms. The Morgan fingerprint density at radius 2 is 2.33 bits per heavy atom. The highest BCUT2D eigenvalue weighted by Gasteiger charge is 2.01. The largest absolute Gasteiger partial charge is 0.554 e. The average molecular weight is 130 g/mol. The Kier molecular flexibility index (Phi) is 4.36. The van der Waals surface area contributed by atoms with E-state index in [-0.39, 0.29) is 6.10 Å². The van der Waals surface area contributed by atoms with Crippen LogP contribution in [0.3, 0.4) is 0 Å². The van der Waals surface area contributed by atoms with E-state index < -0.39 is 0 Å². The zero-order chi connectivity index (χ0) is 7.28. The van der Waals surface area contributed by atoms with Gasteiger partial charge in [-0.15, -0.1) is 0 Å². The van der Waals surface area contributed by atoms with E-state index in [0.717, 1.165) is 6.79 Å². The molecule has 0 saturated heterocycles. The third-order valence-electron chi connectivity index (χ3n) is 1.40. The van der Waals surface area contributed by atoms with Crippen molar-refractivity contribution in [2.45, 2.75) is 26.9 Å². The summed E-state index contributed by atoms with van der Waals surface area (Å²) in [6.07, 6.45) is 2.09. The minimum atomic E-state index is 0.111. The number of ether oxygens (including phenoxy) is 1. The van der Waals surface area contributed by atoms with Gasteiger partial charge in [-0.3, -0.25) is 0 Å². The van der Waals surface area contributed by atoms with Crippen LogP contribution in [-0.4, -0.2) is 15.9 Å². The molecule has 0 aromatic heterocycles. The number of aliphatic hydroxyl groups is 3. The van der Waals surface area contributed by atoms with Crippen LogP contribution >= 0.6 is 0 Å². The second kappa shape index (κ2) is 4.53. The number of aliphatic hydroxyl groups excluding tert-OH is 1. The van der Waals surface area contributed by atoms with Gasteiger partial charge >= 0.3 is 0 Å². The molecule has 54 valence electrons. The maximum atomic E-state index is 8.26.